The van der Waals surface area contributed by atoms with Crippen LogP contribution in [0.3, 0.4) is 0 Å². The Morgan fingerprint density at radius 1 is 0.952 bits per heavy atom. The predicted molar refractivity (Wildman–Crippen MR) is 86.5 cm³/mol. The summed E-state index contributed by atoms with van der Waals surface area (Å²) in [5, 5.41) is 3.60. The van der Waals surface area contributed by atoms with Crippen LogP contribution in [0.5, 0.6) is 0 Å². The zero-order chi connectivity index (χ0) is 14.2. The van der Waals surface area contributed by atoms with Crippen molar-refractivity contribution >= 4 is 0 Å². The Bertz CT molecular complexity index is 489. The molecule has 21 heavy (non-hydrogen) atoms. The molecule has 2 aliphatic carbocycles. The molecule has 2 atom stereocenters. The van der Waals surface area contributed by atoms with Gasteiger partial charge < -0.3 is 5.32 Å². The highest BCUT2D eigenvalue weighted by molar-refractivity contribution is 5.34. The molecule has 0 radical (unpaired) electrons. The van der Waals surface area contributed by atoms with Crippen LogP contribution in [0.1, 0.15) is 36.4 Å². The highest BCUT2D eigenvalue weighted by Crippen LogP contribution is 2.34. The van der Waals surface area contributed by atoms with E-state index in [-0.39, 0.29) is 0 Å². The van der Waals surface area contributed by atoms with Crippen molar-refractivity contribution in [1.82, 2.24) is 15.1 Å². The first-order valence-electron chi connectivity index (χ1n) is 8.60. The van der Waals surface area contributed by atoms with Gasteiger partial charge in [0.2, 0.25) is 0 Å². The maximum Gasteiger partial charge on any atom is 0.0478 e. The average Bonchev–Trinajstić information content (AvgIpc) is 3.39. The summed E-state index contributed by atoms with van der Waals surface area (Å²) in [5.41, 5.74) is 3.07. The minimum Gasteiger partial charge on any atom is -0.312 e. The van der Waals surface area contributed by atoms with Crippen LogP contribution in [0, 0.1) is 0 Å². The Morgan fingerprint density at radius 2 is 1.67 bits per heavy atom. The van der Waals surface area contributed by atoms with Crippen LogP contribution in [-0.4, -0.2) is 55.1 Å². The second-order valence-electron chi connectivity index (χ2n) is 6.87. The molecule has 1 aromatic rings. The molecular weight excluding hydrogens is 258 g/mol. The van der Waals surface area contributed by atoms with Gasteiger partial charge in [-0.2, -0.15) is 0 Å². The number of aryl methyl sites for hydroxylation is 1. The Morgan fingerprint density at radius 3 is 2.38 bits per heavy atom. The molecule has 1 saturated heterocycles. The van der Waals surface area contributed by atoms with Crippen LogP contribution in [0.4, 0.5) is 0 Å². The summed E-state index contributed by atoms with van der Waals surface area (Å²) in [6.45, 7) is 5.06. The number of nitrogens with zero attached hydrogens (tertiary/aromatic N) is 2. The highest BCUT2D eigenvalue weighted by Gasteiger charge is 2.36. The van der Waals surface area contributed by atoms with E-state index in [1.165, 1.54) is 57.4 Å². The van der Waals surface area contributed by atoms with E-state index in [0.717, 1.165) is 6.04 Å². The van der Waals surface area contributed by atoms with Gasteiger partial charge in [0.05, 0.1) is 0 Å². The van der Waals surface area contributed by atoms with Crippen molar-refractivity contribution in [1.29, 1.82) is 0 Å². The minimum atomic E-state index is 0.502. The zero-order valence-electron chi connectivity index (χ0n) is 13.1. The van der Waals surface area contributed by atoms with E-state index in [1.807, 2.05) is 0 Å². The number of likely N-dealkylation sites (N-methyl/N-ethyl adjacent to an activating group) is 1. The third-order valence-corrected chi connectivity index (χ3v) is 5.68. The smallest absolute Gasteiger partial charge is 0.0478 e. The molecule has 3 nitrogen and oxygen atoms in total. The van der Waals surface area contributed by atoms with Crippen molar-refractivity contribution in [3.05, 3.63) is 35.4 Å². The maximum absolute atomic E-state index is 3.60. The molecule has 1 saturated carbocycles. The standard InChI is InChI=1S/C18H27N3/c1-19-18-16-5-3-2-4-14(16)6-9-17(18)21-12-10-20(11-13-21)15-7-8-15/h2-5,15,17-19H,6-13H2,1H3. The van der Waals surface area contributed by atoms with Gasteiger partial charge in [0, 0.05) is 44.3 Å². The second kappa shape index (κ2) is 5.71. The lowest BCUT2D eigenvalue weighted by Crippen LogP contribution is -2.54. The number of nitrogens with one attached hydrogen (secondary N) is 1. The monoisotopic (exact) mass is 285 g/mol. The zero-order valence-corrected chi connectivity index (χ0v) is 13.1. The van der Waals surface area contributed by atoms with Gasteiger partial charge in [-0.15, -0.1) is 0 Å². The molecule has 2 unspecified atom stereocenters. The molecule has 1 aliphatic heterocycles. The van der Waals surface area contributed by atoms with E-state index >= 15 is 0 Å². The number of benzene rings is 1. The fraction of sp³-hybridized carbons (Fsp3) is 0.667. The second-order valence-corrected chi connectivity index (χ2v) is 6.87. The molecule has 1 aromatic carbocycles. The van der Waals surface area contributed by atoms with Crippen LogP contribution in [0.25, 0.3) is 0 Å². The Balaban J connectivity index is 1.48. The molecule has 0 spiro atoms. The lowest BCUT2D eigenvalue weighted by Gasteiger charge is -2.45. The van der Waals surface area contributed by atoms with Crippen molar-refractivity contribution in [3.63, 3.8) is 0 Å². The molecule has 3 heteroatoms. The molecule has 1 heterocycles. The number of piperazine rings is 1. The van der Waals surface area contributed by atoms with Crippen molar-refractivity contribution in [3.8, 4) is 0 Å². The predicted octanol–water partition coefficient (Wildman–Crippen LogP) is 2.04. The number of hydrogen-bond acceptors (Lipinski definition) is 3. The Labute approximate surface area is 128 Å². The van der Waals surface area contributed by atoms with Gasteiger partial charge in [-0.05, 0) is 43.9 Å². The van der Waals surface area contributed by atoms with Crippen LogP contribution >= 0.6 is 0 Å². The fourth-order valence-electron chi connectivity index (χ4n) is 4.36. The van der Waals surface area contributed by atoms with Gasteiger partial charge in [0.1, 0.15) is 0 Å². The first-order chi connectivity index (χ1) is 10.4. The van der Waals surface area contributed by atoms with E-state index in [2.05, 4.69) is 46.4 Å². The van der Waals surface area contributed by atoms with Gasteiger partial charge in [-0.25, -0.2) is 0 Å². The van der Waals surface area contributed by atoms with Gasteiger partial charge in [-0.1, -0.05) is 24.3 Å². The first-order valence-corrected chi connectivity index (χ1v) is 8.60. The van der Waals surface area contributed by atoms with Crippen LogP contribution in [0.15, 0.2) is 24.3 Å². The summed E-state index contributed by atoms with van der Waals surface area (Å²) in [6.07, 6.45) is 5.42. The molecule has 114 valence electrons. The van der Waals surface area contributed by atoms with Crippen LogP contribution < -0.4 is 5.32 Å². The quantitative estimate of drug-likeness (QED) is 0.917. The summed E-state index contributed by atoms with van der Waals surface area (Å²) in [6, 6.07) is 11.1. The third-order valence-electron chi connectivity index (χ3n) is 5.68. The lowest BCUT2D eigenvalue weighted by atomic mass is 9.83. The summed E-state index contributed by atoms with van der Waals surface area (Å²) in [7, 11) is 2.13. The van der Waals surface area contributed by atoms with Crippen molar-refractivity contribution < 1.29 is 0 Å². The van der Waals surface area contributed by atoms with Gasteiger partial charge in [0.15, 0.2) is 0 Å². The van der Waals surface area contributed by atoms with Crippen LogP contribution in [0.2, 0.25) is 0 Å². The van der Waals surface area contributed by atoms with E-state index < -0.39 is 0 Å². The third kappa shape index (κ3) is 2.63. The van der Waals surface area contributed by atoms with Crippen LogP contribution in [-0.2, 0) is 6.42 Å². The molecule has 4 rings (SSSR count). The van der Waals surface area contributed by atoms with Gasteiger partial charge >= 0.3 is 0 Å². The summed E-state index contributed by atoms with van der Waals surface area (Å²) in [4.78, 5) is 5.46. The summed E-state index contributed by atoms with van der Waals surface area (Å²) >= 11 is 0. The van der Waals surface area contributed by atoms with Gasteiger partial charge in [-0.3, -0.25) is 9.80 Å². The van der Waals surface area contributed by atoms with Crippen molar-refractivity contribution in [2.24, 2.45) is 0 Å². The first kappa shape index (κ1) is 13.7. The van der Waals surface area contributed by atoms with Crippen molar-refractivity contribution in [2.75, 3.05) is 33.2 Å². The lowest BCUT2D eigenvalue weighted by molar-refractivity contribution is 0.0682. The summed E-state index contributed by atoms with van der Waals surface area (Å²) in [5.74, 6) is 0. The molecule has 0 aromatic heterocycles. The summed E-state index contributed by atoms with van der Waals surface area (Å²) < 4.78 is 0. The van der Waals surface area contributed by atoms with Crippen molar-refractivity contribution in [2.45, 2.75) is 43.8 Å². The fourth-order valence-corrected chi connectivity index (χ4v) is 4.36. The van der Waals surface area contributed by atoms with E-state index in [4.69, 9.17) is 0 Å². The molecule has 0 bridgehead atoms. The number of fused-ring (bicyclic) bond motifs is 1. The molecular formula is C18H27N3. The van der Waals surface area contributed by atoms with E-state index in [9.17, 15) is 0 Å². The highest BCUT2D eigenvalue weighted by atomic mass is 15.3. The Kier molecular flexibility index (Phi) is 3.74. The Hall–Kier alpha value is -0.900. The largest absolute Gasteiger partial charge is 0.312 e. The van der Waals surface area contributed by atoms with E-state index in [0.29, 0.717) is 12.1 Å². The molecule has 2 fully saturated rings. The minimum absolute atomic E-state index is 0.502. The molecule has 1 N–H and O–H groups in total. The normalized spacial score (nSPS) is 31.1. The molecule has 3 aliphatic rings. The topological polar surface area (TPSA) is 18.5 Å². The SMILES string of the molecule is CNC1c2ccccc2CCC1N1CCN(C2CC2)CC1. The average molecular weight is 285 g/mol. The molecule has 0 amide bonds. The van der Waals surface area contributed by atoms with E-state index in [1.54, 1.807) is 5.56 Å². The van der Waals surface area contributed by atoms with Gasteiger partial charge in [0.25, 0.3) is 0 Å². The maximum atomic E-state index is 3.60. The number of rotatable bonds is 3. The number of hydrogen-bond donors (Lipinski definition) is 1.